The minimum absolute atomic E-state index is 0.0403. The van der Waals surface area contributed by atoms with Gasteiger partial charge in [0.25, 0.3) is 5.91 Å². The summed E-state index contributed by atoms with van der Waals surface area (Å²) in [6.07, 6.45) is 3.22. The van der Waals surface area contributed by atoms with Gasteiger partial charge >= 0.3 is 0 Å². The minimum atomic E-state index is -0.139. The van der Waals surface area contributed by atoms with Gasteiger partial charge in [-0.05, 0) is 42.5 Å². The van der Waals surface area contributed by atoms with E-state index >= 15 is 0 Å². The number of benzene rings is 2. The van der Waals surface area contributed by atoms with Crippen molar-refractivity contribution in [2.24, 2.45) is 0 Å². The Hall–Kier alpha value is -3.28. The third kappa shape index (κ3) is 4.67. The van der Waals surface area contributed by atoms with Crippen LogP contribution in [0.1, 0.15) is 15.9 Å². The van der Waals surface area contributed by atoms with Gasteiger partial charge in [-0.3, -0.25) is 9.59 Å². The number of amides is 1. The summed E-state index contributed by atoms with van der Waals surface area (Å²) in [6, 6.07) is 12.3. The van der Waals surface area contributed by atoms with E-state index in [0.717, 1.165) is 5.56 Å². The summed E-state index contributed by atoms with van der Waals surface area (Å²) in [5, 5.41) is 0. The van der Waals surface area contributed by atoms with Crippen molar-refractivity contribution in [3.63, 3.8) is 0 Å². The number of nitrogens with zero attached hydrogens (tertiary/aromatic N) is 1. The molecule has 0 spiro atoms. The van der Waals surface area contributed by atoms with E-state index in [2.05, 4.69) is 0 Å². The van der Waals surface area contributed by atoms with Gasteiger partial charge in [0.2, 0.25) is 0 Å². The first-order valence-electron chi connectivity index (χ1n) is 8.58. The van der Waals surface area contributed by atoms with Crippen LogP contribution in [-0.4, -0.2) is 50.5 Å². The van der Waals surface area contributed by atoms with E-state index in [9.17, 15) is 9.59 Å². The van der Waals surface area contributed by atoms with E-state index in [0.29, 0.717) is 36.0 Å². The fourth-order valence-corrected chi connectivity index (χ4v) is 2.48. The van der Waals surface area contributed by atoms with Crippen LogP contribution < -0.4 is 14.2 Å². The first kappa shape index (κ1) is 18.5. The molecule has 1 aliphatic heterocycles. The molecule has 0 aliphatic carbocycles. The Morgan fingerprint density at radius 3 is 2.56 bits per heavy atom. The highest BCUT2D eigenvalue weighted by Crippen LogP contribution is 2.34. The average molecular weight is 367 g/mol. The van der Waals surface area contributed by atoms with Crippen molar-refractivity contribution in [2.45, 2.75) is 0 Å². The van der Waals surface area contributed by atoms with Crippen molar-refractivity contribution in [1.82, 2.24) is 4.90 Å². The molecule has 2 aromatic carbocycles. The first-order valence-corrected chi connectivity index (χ1v) is 8.58. The van der Waals surface area contributed by atoms with Crippen molar-refractivity contribution in [2.75, 3.05) is 33.9 Å². The molecule has 0 saturated carbocycles. The molecule has 27 heavy (non-hydrogen) atoms. The number of likely N-dealkylation sites (N-methyl/N-ethyl adjacent to an activating group) is 1. The van der Waals surface area contributed by atoms with Crippen molar-refractivity contribution >= 4 is 17.8 Å². The SMILES string of the molecule is CN(C)C(=O)COc1ccc(C(=O)/C=C\c2cccc3c2OCCO3)cc1. The smallest absolute Gasteiger partial charge is 0.259 e. The molecule has 6 nitrogen and oxygen atoms in total. The second-order valence-electron chi connectivity index (χ2n) is 6.17. The van der Waals surface area contributed by atoms with Gasteiger partial charge in [0, 0.05) is 25.2 Å². The van der Waals surface area contributed by atoms with Crippen molar-refractivity contribution < 1.29 is 23.8 Å². The van der Waals surface area contributed by atoms with E-state index in [1.54, 1.807) is 44.4 Å². The molecule has 0 atom stereocenters. The molecular weight excluding hydrogens is 346 g/mol. The summed E-state index contributed by atoms with van der Waals surface area (Å²) in [5.41, 5.74) is 1.32. The highest BCUT2D eigenvalue weighted by molar-refractivity contribution is 6.07. The van der Waals surface area contributed by atoms with E-state index < -0.39 is 0 Å². The molecule has 1 amide bonds. The monoisotopic (exact) mass is 367 g/mol. The zero-order chi connectivity index (χ0) is 19.2. The Labute approximate surface area is 158 Å². The molecule has 0 radical (unpaired) electrons. The Balaban J connectivity index is 1.65. The van der Waals surface area contributed by atoms with Crippen LogP contribution in [0.3, 0.4) is 0 Å². The number of carbonyl (C=O) groups excluding carboxylic acids is 2. The van der Waals surface area contributed by atoms with Crippen LogP contribution >= 0.6 is 0 Å². The average Bonchev–Trinajstić information content (AvgIpc) is 2.70. The molecular formula is C21H21NO5. The second kappa shape index (κ2) is 8.40. The first-order chi connectivity index (χ1) is 13.0. The van der Waals surface area contributed by atoms with E-state index in [1.165, 1.54) is 11.0 Å². The molecule has 3 rings (SSSR count). The van der Waals surface area contributed by atoms with Gasteiger partial charge in [-0.1, -0.05) is 12.1 Å². The topological polar surface area (TPSA) is 65.1 Å². The highest BCUT2D eigenvalue weighted by Gasteiger charge is 2.14. The summed E-state index contributed by atoms with van der Waals surface area (Å²) in [6.45, 7) is 0.971. The lowest BCUT2D eigenvalue weighted by Crippen LogP contribution is -2.27. The molecule has 0 bridgehead atoms. The lowest BCUT2D eigenvalue weighted by Gasteiger charge is -2.19. The largest absolute Gasteiger partial charge is 0.486 e. The number of ether oxygens (including phenoxy) is 3. The predicted molar refractivity (Wildman–Crippen MR) is 101 cm³/mol. The Morgan fingerprint density at radius 1 is 1.07 bits per heavy atom. The zero-order valence-corrected chi connectivity index (χ0v) is 15.3. The minimum Gasteiger partial charge on any atom is -0.486 e. The van der Waals surface area contributed by atoms with Crippen LogP contribution in [0.2, 0.25) is 0 Å². The molecule has 0 unspecified atom stereocenters. The van der Waals surface area contributed by atoms with Crippen LogP contribution in [0.5, 0.6) is 17.2 Å². The Kier molecular flexibility index (Phi) is 5.76. The van der Waals surface area contributed by atoms with Crippen LogP contribution in [0.4, 0.5) is 0 Å². The van der Waals surface area contributed by atoms with E-state index in [-0.39, 0.29) is 18.3 Å². The molecule has 2 aromatic rings. The molecule has 1 aliphatic rings. The predicted octanol–water partition coefficient (Wildman–Crippen LogP) is 2.82. The van der Waals surface area contributed by atoms with Crippen LogP contribution in [0, 0.1) is 0 Å². The van der Waals surface area contributed by atoms with Gasteiger partial charge in [-0.25, -0.2) is 0 Å². The highest BCUT2D eigenvalue weighted by atomic mass is 16.6. The standard InChI is InChI=1S/C21H21NO5/c1-22(2)20(24)14-27-17-9-6-15(7-10-17)18(23)11-8-16-4-3-5-19-21(16)26-13-12-25-19/h3-11H,12-14H2,1-2H3/b11-8-. The molecule has 140 valence electrons. The van der Waals surface area contributed by atoms with Crippen molar-refractivity contribution in [3.05, 3.63) is 59.7 Å². The van der Waals surface area contributed by atoms with E-state index in [1.807, 2.05) is 18.2 Å². The normalized spacial score (nSPS) is 12.7. The third-order valence-corrected chi connectivity index (χ3v) is 4.01. The van der Waals surface area contributed by atoms with Crippen molar-refractivity contribution in [1.29, 1.82) is 0 Å². The van der Waals surface area contributed by atoms with Gasteiger partial charge in [0.1, 0.15) is 19.0 Å². The number of hydrogen-bond acceptors (Lipinski definition) is 5. The molecule has 0 fully saturated rings. The fourth-order valence-electron chi connectivity index (χ4n) is 2.48. The summed E-state index contributed by atoms with van der Waals surface area (Å²) >= 11 is 0. The zero-order valence-electron chi connectivity index (χ0n) is 15.3. The van der Waals surface area contributed by atoms with Gasteiger partial charge in [0.05, 0.1) is 0 Å². The maximum Gasteiger partial charge on any atom is 0.259 e. The number of hydrogen-bond donors (Lipinski definition) is 0. The Morgan fingerprint density at radius 2 is 1.81 bits per heavy atom. The number of rotatable bonds is 6. The van der Waals surface area contributed by atoms with Gasteiger partial charge in [-0.15, -0.1) is 0 Å². The maximum absolute atomic E-state index is 12.4. The van der Waals surface area contributed by atoms with Gasteiger partial charge in [-0.2, -0.15) is 0 Å². The molecule has 0 saturated heterocycles. The van der Waals surface area contributed by atoms with E-state index in [4.69, 9.17) is 14.2 Å². The lowest BCUT2D eigenvalue weighted by molar-refractivity contribution is -0.130. The number of para-hydroxylation sites is 1. The summed E-state index contributed by atoms with van der Waals surface area (Å²) in [4.78, 5) is 25.4. The van der Waals surface area contributed by atoms with Gasteiger partial charge < -0.3 is 19.1 Å². The summed E-state index contributed by atoms with van der Waals surface area (Å²) < 4.78 is 16.6. The fraction of sp³-hybridized carbons (Fsp3) is 0.238. The summed E-state index contributed by atoms with van der Waals surface area (Å²) in [5.74, 6) is 1.61. The third-order valence-electron chi connectivity index (χ3n) is 4.01. The van der Waals surface area contributed by atoms with Crippen LogP contribution in [-0.2, 0) is 4.79 Å². The van der Waals surface area contributed by atoms with Crippen molar-refractivity contribution in [3.8, 4) is 17.2 Å². The number of ketones is 1. The molecule has 1 heterocycles. The number of fused-ring (bicyclic) bond motifs is 1. The number of carbonyl (C=O) groups is 2. The van der Waals surface area contributed by atoms with Crippen LogP contribution in [0.25, 0.3) is 6.08 Å². The molecule has 0 N–H and O–H groups in total. The summed E-state index contributed by atoms with van der Waals surface area (Å²) in [7, 11) is 3.33. The molecule has 6 heteroatoms. The van der Waals surface area contributed by atoms with Crippen LogP contribution in [0.15, 0.2) is 48.5 Å². The second-order valence-corrected chi connectivity index (χ2v) is 6.17. The van der Waals surface area contributed by atoms with Gasteiger partial charge in [0.15, 0.2) is 23.9 Å². The quantitative estimate of drug-likeness (QED) is 0.580. The lowest BCUT2D eigenvalue weighted by atomic mass is 10.1. The molecule has 0 aromatic heterocycles. The number of allylic oxidation sites excluding steroid dienone is 1. The Bertz CT molecular complexity index is 855. The maximum atomic E-state index is 12.4.